The zero-order valence-electron chi connectivity index (χ0n) is 53.9. The van der Waals surface area contributed by atoms with Gasteiger partial charge in [-0.1, -0.05) is 289 Å². The average molecular weight is 1150 g/mol. The number of carbonyl (C=O) groups excluding carboxylic acids is 3. The van der Waals surface area contributed by atoms with E-state index in [-0.39, 0.29) is 31.1 Å². The van der Waals surface area contributed by atoms with Crippen LogP contribution in [0.2, 0.25) is 0 Å². The maximum atomic E-state index is 12.9. The Labute approximate surface area is 512 Å². The van der Waals surface area contributed by atoms with Crippen molar-refractivity contribution >= 4 is 17.9 Å². The van der Waals surface area contributed by atoms with Gasteiger partial charge in [-0.3, -0.25) is 14.4 Å². The summed E-state index contributed by atoms with van der Waals surface area (Å²) >= 11 is 0. The quantitative estimate of drug-likeness (QED) is 0.0261. The van der Waals surface area contributed by atoms with Gasteiger partial charge >= 0.3 is 17.9 Å². The lowest BCUT2D eigenvalue weighted by Gasteiger charge is -2.18. The first-order valence-corrected chi connectivity index (χ1v) is 34.3. The number of rotatable bonds is 61. The third-order valence-corrected chi connectivity index (χ3v) is 14.3. The van der Waals surface area contributed by atoms with Crippen LogP contribution in [-0.2, 0) is 28.6 Å². The van der Waals surface area contributed by atoms with Gasteiger partial charge in [0.15, 0.2) is 6.10 Å². The van der Waals surface area contributed by atoms with Crippen molar-refractivity contribution in [3.63, 3.8) is 0 Å². The molecule has 0 aliphatic rings. The average Bonchev–Trinajstić information content (AvgIpc) is 3.49. The largest absolute Gasteiger partial charge is 0.462 e. The molecule has 0 amide bonds. The van der Waals surface area contributed by atoms with Crippen LogP contribution in [-0.4, -0.2) is 37.2 Å². The molecule has 0 rings (SSSR count). The normalized spacial score (nSPS) is 13.0. The van der Waals surface area contributed by atoms with Gasteiger partial charge in [-0.2, -0.15) is 0 Å². The van der Waals surface area contributed by atoms with E-state index in [1.807, 2.05) is 0 Å². The molecule has 0 saturated heterocycles. The van der Waals surface area contributed by atoms with Crippen molar-refractivity contribution in [3.05, 3.63) is 146 Å². The first-order valence-electron chi connectivity index (χ1n) is 34.3. The number of hydrogen-bond donors (Lipinski definition) is 0. The molecule has 0 saturated carbocycles. The van der Waals surface area contributed by atoms with E-state index in [4.69, 9.17) is 14.2 Å². The van der Waals surface area contributed by atoms with E-state index >= 15 is 0 Å². The molecule has 6 nitrogen and oxygen atoms in total. The van der Waals surface area contributed by atoms with E-state index < -0.39 is 6.10 Å². The smallest absolute Gasteiger partial charge is 0.306 e. The second-order valence-corrected chi connectivity index (χ2v) is 22.3. The van der Waals surface area contributed by atoms with Crippen molar-refractivity contribution in [1.82, 2.24) is 0 Å². The molecule has 0 aromatic heterocycles. The molecule has 1 atom stereocenters. The van der Waals surface area contributed by atoms with Gasteiger partial charge in [0, 0.05) is 19.3 Å². The second-order valence-electron chi connectivity index (χ2n) is 22.3. The van der Waals surface area contributed by atoms with Gasteiger partial charge < -0.3 is 14.2 Å². The first-order chi connectivity index (χ1) is 41.0. The van der Waals surface area contributed by atoms with Gasteiger partial charge in [0.25, 0.3) is 0 Å². The Morgan fingerprint density at radius 2 is 0.470 bits per heavy atom. The summed E-state index contributed by atoms with van der Waals surface area (Å²) in [4.78, 5) is 38.4. The van der Waals surface area contributed by atoms with Crippen molar-refractivity contribution in [1.29, 1.82) is 0 Å². The summed E-state index contributed by atoms with van der Waals surface area (Å²) in [5.41, 5.74) is 0. The van der Waals surface area contributed by atoms with E-state index in [1.54, 1.807) is 0 Å². The third-order valence-electron chi connectivity index (χ3n) is 14.3. The summed E-state index contributed by atoms with van der Waals surface area (Å²) in [5, 5.41) is 0. The lowest BCUT2D eigenvalue weighted by atomic mass is 10.0. The van der Waals surface area contributed by atoms with Gasteiger partial charge in [0.1, 0.15) is 13.2 Å². The maximum Gasteiger partial charge on any atom is 0.306 e. The lowest BCUT2D eigenvalue weighted by molar-refractivity contribution is -0.167. The molecule has 0 fully saturated rings. The number of hydrogen-bond acceptors (Lipinski definition) is 6. The van der Waals surface area contributed by atoms with Crippen LogP contribution in [0.1, 0.15) is 303 Å². The molecule has 0 heterocycles. The van der Waals surface area contributed by atoms with E-state index in [0.717, 1.165) is 141 Å². The second kappa shape index (κ2) is 69.8. The minimum absolute atomic E-state index is 0.104. The summed E-state index contributed by atoms with van der Waals surface area (Å²) in [5.74, 6) is -0.964. The van der Waals surface area contributed by atoms with Crippen molar-refractivity contribution in [3.8, 4) is 0 Å². The Morgan fingerprint density at radius 3 is 0.759 bits per heavy atom. The predicted molar refractivity (Wildman–Crippen MR) is 362 cm³/mol. The number of carbonyl (C=O) groups is 3. The minimum Gasteiger partial charge on any atom is -0.462 e. The first kappa shape index (κ1) is 78.3. The minimum atomic E-state index is -0.814. The zero-order valence-corrected chi connectivity index (χ0v) is 53.9. The molecule has 83 heavy (non-hydrogen) atoms. The Hall–Kier alpha value is -4.71. The van der Waals surface area contributed by atoms with Gasteiger partial charge in [-0.15, -0.1) is 0 Å². The fourth-order valence-electron chi connectivity index (χ4n) is 9.23. The van der Waals surface area contributed by atoms with Crippen LogP contribution in [0.15, 0.2) is 146 Å². The monoisotopic (exact) mass is 1150 g/mol. The number of ether oxygens (including phenoxy) is 3. The highest BCUT2D eigenvalue weighted by Crippen LogP contribution is 2.16. The molecule has 0 bridgehead atoms. The molecule has 0 spiro atoms. The van der Waals surface area contributed by atoms with Gasteiger partial charge in [-0.25, -0.2) is 0 Å². The van der Waals surface area contributed by atoms with Crippen molar-refractivity contribution in [2.24, 2.45) is 0 Å². The van der Waals surface area contributed by atoms with E-state index in [2.05, 4.69) is 167 Å². The molecule has 6 heteroatoms. The Balaban J connectivity index is 4.38. The highest BCUT2D eigenvalue weighted by Gasteiger charge is 2.19. The van der Waals surface area contributed by atoms with Crippen LogP contribution in [0.4, 0.5) is 0 Å². The standard InChI is InChI=1S/C77H126O6/c1-4-7-10-13-16-19-22-25-28-30-32-34-35-36-37-38-39-40-41-43-44-46-49-52-55-58-61-64-67-70-76(79)82-73-74(72-81-75(78)69-66-63-60-57-54-51-48-27-24-21-18-15-12-9-6-3)83-77(80)71-68-65-62-59-56-53-50-47-45-42-33-31-29-26-23-20-17-14-11-8-5-2/h8-9,11-12,17-18,20-22,25-27,29-30,32-33,35-36,42,47-48,50,54,57,74H,4-7,10,13-16,19,23-24,28,31,34,37-41,43-46,49,51-53,55-56,58-73H2,1-3H3/b11-8-,12-9-,20-17-,21-18-,25-22-,29-26-,32-30-,36-35-,42-33-,48-27-,50-47-,57-54-. The maximum absolute atomic E-state index is 12.9. The molecule has 1 unspecified atom stereocenters. The number of allylic oxidation sites excluding steroid dienone is 24. The Bertz CT molecular complexity index is 1800. The van der Waals surface area contributed by atoms with Crippen LogP contribution in [0.5, 0.6) is 0 Å². The van der Waals surface area contributed by atoms with Crippen LogP contribution in [0, 0.1) is 0 Å². The molecule has 0 aromatic carbocycles. The third kappa shape index (κ3) is 68.0. The van der Waals surface area contributed by atoms with Gasteiger partial charge in [-0.05, 0) is 141 Å². The van der Waals surface area contributed by atoms with E-state index in [1.165, 1.54) is 116 Å². The van der Waals surface area contributed by atoms with Crippen LogP contribution >= 0.6 is 0 Å². The zero-order chi connectivity index (χ0) is 59.9. The van der Waals surface area contributed by atoms with Crippen LogP contribution < -0.4 is 0 Å². The molecular weight excluding hydrogens is 1020 g/mol. The van der Waals surface area contributed by atoms with Crippen LogP contribution in [0.3, 0.4) is 0 Å². The number of esters is 3. The van der Waals surface area contributed by atoms with Crippen LogP contribution in [0.25, 0.3) is 0 Å². The van der Waals surface area contributed by atoms with Crippen molar-refractivity contribution in [2.45, 2.75) is 309 Å². The molecular formula is C77H126O6. The van der Waals surface area contributed by atoms with Crippen molar-refractivity contribution in [2.75, 3.05) is 13.2 Å². The molecule has 470 valence electrons. The molecule has 0 aliphatic heterocycles. The molecule has 0 radical (unpaired) electrons. The lowest BCUT2D eigenvalue weighted by Crippen LogP contribution is -2.30. The summed E-state index contributed by atoms with van der Waals surface area (Å²) in [6.07, 6.45) is 100. The Kier molecular flexibility index (Phi) is 65.8. The topological polar surface area (TPSA) is 78.9 Å². The summed E-state index contributed by atoms with van der Waals surface area (Å²) in [6, 6.07) is 0. The fourth-order valence-corrected chi connectivity index (χ4v) is 9.23. The van der Waals surface area contributed by atoms with E-state index in [0.29, 0.717) is 25.7 Å². The Morgan fingerprint density at radius 1 is 0.253 bits per heavy atom. The van der Waals surface area contributed by atoms with Gasteiger partial charge in [0.2, 0.25) is 0 Å². The predicted octanol–water partition coefficient (Wildman–Crippen LogP) is 23.9. The molecule has 0 aromatic rings. The van der Waals surface area contributed by atoms with E-state index in [9.17, 15) is 14.4 Å². The highest BCUT2D eigenvalue weighted by atomic mass is 16.6. The molecule has 0 N–H and O–H groups in total. The summed E-state index contributed by atoms with van der Waals surface area (Å²) in [6.45, 7) is 6.36. The number of unbranched alkanes of at least 4 members (excludes halogenated alkanes) is 26. The van der Waals surface area contributed by atoms with Crippen molar-refractivity contribution < 1.29 is 28.6 Å². The SMILES string of the molecule is CC/C=C\C/C=C\C/C=C\C/C=C\C/C=C\CCCCCCCC(=O)OC(COC(=O)CCCC/C=C\C/C=C\C/C=C\C/C=C\CC)COC(=O)CCCCCCCCCCCCCCCC/C=C\C/C=C\C/C=C\CCCCCCC. The fraction of sp³-hybridized carbons (Fsp3) is 0.649. The highest BCUT2D eigenvalue weighted by molar-refractivity contribution is 5.71. The summed E-state index contributed by atoms with van der Waals surface area (Å²) in [7, 11) is 0. The van der Waals surface area contributed by atoms with Gasteiger partial charge in [0.05, 0.1) is 0 Å². The molecule has 0 aliphatic carbocycles. The summed E-state index contributed by atoms with van der Waals surface area (Å²) < 4.78 is 16.9.